The van der Waals surface area contributed by atoms with E-state index in [1.54, 1.807) is 19.1 Å². The molecule has 1 saturated carbocycles. The number of hydrogen-bond donors (Lipinski definition) is 1. The SMILES string of the molecule is CCN([C@H]1CS(=O)(=O)C[C@H]1O)S(=O)(=O)c1ccc(C2CCCCC2)cc1. The van der Waals surface area contributed by atoms with Crippen LogP contribution < -0.4 is 0 Å². The molecule has 1 aliphatic carbocycles. The number of benzene rings is 1. The van der Waals surface area contributed by atoms with E-state index in [0.29, 0.717) is 5.92 Å². The van der Waals surface area contributed by atoms with Crippen molar-refractivity contribution in [1.82, 2.24) is 4.31 Å². The van der Waals surface area contributed by atoms with Gasteiger partial charge in [-0.25, -0.2) is 16.8 Å². The lowest BCUT2D eigenvalue weighted by Crippen LogP contribution is -2.46. The fourth-order valence-corrected chi connectivity index (χ4v) is 7.71. The molecule has 2 atom stereocenters. The fourth-order valence-electron chi connectivity index (χ4n) is 4.15. The van der Waals surface area contributed by atoms with Crippen LogP contribution in [0.15, 0.2) is 29.2 Å². The molecule has 146 valence electrons. The Hall–Kier alpha value is -0.960. The average molecular weight is 402 g/mol. The number of aliphatic hydroxyl groups is 1. The molecule has 1 heterocycles. The van der Waals surface area contributed by atoms with E-state index < -0.39 is 32.0 Å². The zero-order valence-electron chi connectivity index (χ0n) is 15.0. The summed E-state index contributed by atoms with van der Waals surface area (Å²) < 4.78 is 50.7. The van der Waals surface area contributed by atoms with Gasteiger partial charge >= 0.3 is 0 Å². The molecule has 0 unspecified atom stereocenters. The van der Waals surface area contributed by atoms with Gasteiger partial charge in [0.1, 0.15) is 0 Å². The summed E-state index contributed by atoms with van der Waals surface area (Å²) in [4.78, 5) is 0.149. The molecule has 1 saturated heterocycles. The topological polar surface area (TPSA) is 91.8 Å². The predicted octanol–water partition coefficient (Wildman–Crippen LogP) is 1.90. The molecular formula is C18H27NO5S2. The lowest BCUT2D eigenvalue weighted by molar-refractivity contribution is 0.130. The van der Waals surface area contributed by atoms with Crippen molar-refractivity contribution < 1.29 is 21.9 Å². The summed E-state index contributed by atoms with van der Waals surface area (Å²) >= 11 is 0. The first-order valence-corrected chi connectivity index (χ1v) is 12.5. The summed E-state index contributed by atoms with van der Waals surface area (Å²) in [7, 11) is -7.28. The second-order valence-corrected chi connectivity index (χ2v) is 11.4. The quantitative estimate of drug-likeness (QED) is 0.814. The van der Waals surface area contributed by atoms with Gasteiger partial charge in [-0.15, -0.1) is 0 Å². The predicted molar refractivity (Wildman–Crippen MR) is 100 cm³/mol. The standard InChI is InChI=1S/C18H27NO5S2/c1-2-19(17-12-25(21,22)13-18(17)20)26(23,24)16-10-8-15(9-11-16)14-6-4-3-5-7-14/h8-11,14,17-18,20H,2-7,12-13H2,1H3/t17-,18+/m0/s1. The Morgan fingerprint density at radius 2 is 1.69 bits per heavy atom. The van der Waals surface area contributed by atoms with E-state index in [1.165, 1.54) is 19.3 Å². The van der Waals surface area contributed by atoms with Crippen LogP contribution >= 0.6 is 0 Å². The summed E-state index contributed by atoms with van der Waals surface area (Å²) in [5.74, 6) is -0.226. The van der Waals surface area contributed by atoms with E-state index in [4.69, 9.17) is 0 Å². The molecule has 0 spiro atoms. The zero-order valence-corrected chi connectivity index (χ0v) is 16.7. The minimum Gasteiger partial charge on any atom is -0.390 e. The zero-order chi connectivity index (χ0) is 18.9. The highest BCUT2D eigenvalue weighted by Gasteiger charge is 2.44. The van der Waals surface area contributed by atoms with E-state index >= 15 is 0 Å². The van der Waals surface area contributed by atoms with Crippen molar-refractivity contribution in [3.63, 3.8) is 0 Å². The van der Waals surface area contributed by atoms with Crippen molar-refractivity contribution in [3.05, 3.63) is 29.8 Å². The van der Waals surface area contributed by atoms with Crippen LogP contribution in [0.1, 0.15) is 50.5 Å². The first-order valence-electron chi connectivity index (χ1n) is 9.25. The van der Waals surface area contributed by atoms with Crippen molar-refractivity contribution >= 4 is 19.9 Å². The van der Waals surface area contributed by atoms with Crippen molar-refractivity contribution in [2.75, 3.05) is 18.1 Å². The van der Waals surface area contributed by atoms with E-state index in [9.17, 15) is 21.9 Å². The molecule has 1 aromatic carbocycles. The summed E-state index contributed by atoms with van der Waals surface area (Å²) in [5.41, 5.74) is 1.16. The van der Waals surface area contributed by atoms with Gasteiger partial charge in [0, 0.05) is 6.54 Å². The van der Waals surface area contributed by atoms with Crippen molar-refractivity contribution in [2.45, 2.75) is 62.0 Å². The summed E-state index contributed by atoms with van der Waals surface area (Å²) in [6.07, 6.45) is 4.78. The number of aliphatic hydroxyl groups excluding tert-OH is 1. The van der Waals surface area contributed by atoms with Gasteiger partial charge in [0.25, 0.3) is 0 Å². The second kappa shape index (κ2) is 7.58. The van der Waals surface area contributed by atoms with Crippen molar-refractivity contribution in [2.24, 2.45) is 0 Å². The molecule has 0 bridgehead atoms. The van der Waals surface area contributed by atoms with Crippen LogP contribution in [0, 0.1) is 0 Å². The fraction of sp³-hybridized carbons (Fsp3) is 0.667. The van der Waals surface area contributed by atoms with Gasteiger partial charge in [-0.2, -0.15) is 4.31 Å². The number of rotatable bonds is 5. The molecule has 1 N–H and O–H groups in total. The van der Waals surface area contributed by atoms with Crippen molar-refractivity contribution in [1.29, 1.82) is 0 Å². The molecule has 6 nitrogen and oxygen atoms in total. The molecular weight excluding hydrogens is 374 g/mol. The third kappa shape index (κ3) is 3.98. The van der Waals surface area contributed by atoms with Crippen LogP contribution in [-0.2, 0) is 19.9 Å². The third-order valence-electron chi connectivity index (χ3n) is 5.54. The van der Waals surface area contributed by atoms with E-state index in [-0.39, 0.29) is 22.9 Å². The maximum Gasteiger partial charge on any atom is 0.243 e. The number of sulfonamides is 1. The summed E-state index contributed by atoms with van der Waals surface area (Å²) in [6.45, 7) is 1.77. The Balaban J connectivity index is 1.84. The Kier molecular flexibility index (Phi) is 5.77. The van der Waals surface area contributed by atoms with Crippen LogP contribution in [0.4, 0.5) is 0 Å². The van der Waals surface area contributed by atoms with Gasteiger partial charge in [-0.1, -0.05) is 38.3 Å². The molecule has 0 amide bonds. The minimum absolute atomic E-state index is 0.115. The van der Waals surface area contributed by atoms with Crippen molar-refractivity contribution in [3.8, 4) is 0 Å². The van der Waals surface area contributed by atoms with Gasteiger partial charge in [0.15, 0.2) is 9.84 Å². The maximum atomic E-state index is 13.0. The van der Waals surface area contributed by atoms with Gasteiger partial charge in [-0.05, 0) is 36.5 Å². The monoisotopic (exact) mass is 401 g/mol. The third-order valence-corrected chi connectivity index (χ3v) is 9.25. The molecule has 2 fully saturated rings. The Labute approximate surface area is 156 Å². The minimum atomic E-state index is -3.86. The highest BCUT2D eigenvalue weighted by molar-refractivity contribution is 7.92. The first kappa shape index (κ1) is 19.8. The second-order valence-electron chi connectivity index (χ2n) is 7.32. The Bertz CT molecular complexity index is 827. The first-order chi connectivity index (χ1) is 12.2. The lowest BCUT2D eigenvalue weighted by atomic mass is 9.84. The normalized spacial score (nSPS) is 27.0. The maximum absolute atomic E-state index is 13.0. The van der Waals surface area contributed by atoms with Gasteiger partial charge in [-0.3, -0.25) is 0 Å². The van der Waals surface area contributed by atoms with E-state index in [0.717, 1.165) is 22.7 Å². The molecule has 0 aromatic heterocycles. The largest absolute Gasteiger partial charge is 0.390 e. The molecule has 0 radical (unpaired) electrons. The van der Waals surface area contributed by atoms with Gasteiger partial charge in [0.05, 0.1) is 28.5 Å². The molecule has 2 aliphatic rings. The van der Waals surface area contributed by atoms with Gasteiger partial charge in [0.2, 0.25) is 10.0 Å². The summed E-state index contributed by atoms with van der Waals surface area (Å²) in [6, 6.07) is 6.04. The number of likely N-dealkylation sites (N-methyl/N-ethyl adjacent to an activating group) is 1. The van der Waals surface area contributed by atoms with Crippen LogP contribution in [0.25, 0.3) is 0 Å². The molecule has 3 rings (SSSR count). The lowest BCUT2D eigenvalue weighted by Gasteiger charge is -2.28. The number of sulfone groups is 1. The van der Waals surface area contributed by atoms with Crippen LogP contribution in [0.5, 0.6) is 0 Å². The molecule has 8 heteroatoms. The molecule has 1 aromatic rings. The van der Waals surface area contributed by atoms with E-state index in [2.05, 4.69) is 0 Å². The molecule has 1 aliphatic heterocycles. The van der Waals surface area contributed by atoms with Gasteiger partial charge < -0.3 is 5.11 Å². The highest BCUT2D eigenvalue weighted by Crippen LogP contribution is 2.33. The Morgan fingerprint density at radius 1 is 1.08 bits per heavy atom. The molecule has 26 heavy (non-hydrogen) atoms. The number of hydrogen-bond acceptors (Lipinski definition) is 5. The van der Waals surface area contributed by atoms with E-state index in [1.807, 2.05) is 12.1 Å². The van der Waals surface area contributed by atoms with Crippen LogP contribution in [-0.4, -0.2) is 56.4 Å². The van der Waals surface area contributed by atoms with Crippen LogP contribution in [0.3, 0.4) is 0 Å². The highest BCUT2D eigenvalue weighted by atomic mass is 32.2. The Morgan fingerprint density at radius 3 is 2.19 bits per heavy atom. The number of nitrogens with zero attached hydrogens (tertiary/aromatic N) is 1. The smallest absolute Gasteiger partial charge is 0.243 e. The average Bonchev–Trinajstić information content (AvgIpc) is 2.88. The van der Waals surface area contributed by atoms with Crippen LogP contribution in [0.2, 0.25) is 0 Å². The summed E-state index contributed by atoms with van der Waals surface area (Å²) in [5, 5.41) is 10.1.